The lowest BCUT2D eigenvalue weighted by molar-refractivity contribution is 0.102. The lowest BCUT2D eigenvalue weighted by Crippen LogP contribution is -2.36. The highest BCUT2D eigenvalue weighted by Crippen LogP contribution is 2.23. The van der Waals surface area contributed by atoms with Gasteiger partial charge in [-0.15, -0.1) is 22.7 Å². The van der Waals surface area contributed by atoms with Gasteiger partial charge in [0, 0.05) is 35.7 Å². The van der Waals surface area contributed by atoms with Crippen LogP contribution in [0.15, 0.2) is 77.5 Å². The molecule has 196 valence electrons. The highest BCUT2D eigenvalue weighted by atomic mass is 35.5. The van der Waals surface area contributed by atoms with Crippen molar-refractivity contribution in [2.24, 2.45) is 0 Å². The van der Waals surface area contributed by atoms with Crippen LogP contribution in [0.25, 0.3) is 0 Å². The van der Waals surface area contributed by atoms with Crippen molar-refractivity contribution in [2.45, 2.75) is 6.92 Å². The van der Waals surface area contributed by atoms with Crippen LogP contribution in [0, 0.1) is 6.92 Å². The number of nitrogens with zero attached hydrogens (tertiary/aromatic N) is 1. The first-order valence-electron chi connectivity index (χ1n) is 11.8. The van der Waals surface area contributed by atoms with Crippen LogP contribution in [0.1, 0.15) is 35.3 Å². The number of nitrogens with one attached hydrogen (secondary N) is 2. The maximum atomic E-state index is 12.8. The van der Waals surface area contributed by atoms with E-state index < -0.39 is 0 Å². The number of hydrogen-bond donors (Lipinski definition) is 2. The molecule has 7 nitrogen and oxygen atoms in total. The van der Waals surface area contributed by atoms with Gasteiger partial charge in [-0.05, 0) is 77.3 Å². The zero-order chi connectivity index (χ0) is 26.9. The number of aryl methyl sites for hydroxylation is 1. The number of benzene rings is 2. The Morgan fingerprint density at radius 1 is 0.842 bits per heavy atom. The van der Waals surface area contributed by atoms with E-state index in [1.807, 2.05) is 54.1 Å². The number of anilines is 3. The van der Waals surface area contributed by atoms with Crippen molar-refractivity contribution in [3.8, 4) is 0 Å². The molecule has 1 fully saturated rings. The summed E-state index contributed by atoms with van der Waals surface area (Å²) in [5.74, 6) is -0.348. The fraction of sp³-hybridized carbons (Fsp3) is 0.179. The van der Waals surface area contributed by atoms with Gasteiger partial charge in [0.25, 0.3) is 17.1 Å². The van der Waals surface area contributed by atoms with Crippen LogP contribution in [0.4, 0.5) is 17.1 Å². The van der Waals surface area contributed by atoms with E-state index in [0.717, 1.165) is 24.3 Å². The Labute approximate surface area is 234 Å². The molecule has 4 aromatic rings. The third-order valence-corrected chi connectivity index (χ3v) is 7.74. The number of thiophene rings is 2. The fourth-order valence-electron chi connectivity index (χ4n) is 3.69. The molecule has 2 aromatic heterocycles. The zero-order valence-corrected chi connectivity index (χ0v) is 23.0. The Kier molecular flexibility index (Phi) is 9.67. The summed E-state index contributed by atoms with van der Waals surface area (Å²) < 4.78 is 5.40. The van der Waals surface area contributed by atoms with Crippen molar-refractivity contribution in [3.05, 3.63) is 98.4 Å². The Balaban J connectivity index is 0.000000360. The summed E-state index contributed by atoms with van der Waals surface area (Å²) in [6.07, 6.45) is 0. The molecule has 0 atom stereocenters. The molecule has 0 aliphatic carbocycles. The summed E-state index contributed by atoms with van der Waals surface area (Å²) in [6, 6.07) is 20.2. The van der Waals surface area contributed by atoms with Gasteiger partial charge in [0.1, 0.15) is 0 Å². The molecule has 0 radical (unpaired) electrons. The second-order valence-corrected chi connectivity index (χ2v) is 10.6. The molecular formula is C28H26ClN3O4S2. The van der Waals surface area contributed by atoms with E-state index in [2.05, 4.69) is 15.5 Å². The van der Waals surface area contributed by atoms with Crippen LogP contribution in [-0.4, -0.2) is 43.4 Å². The molecule has 1 saturated heterocycles. The number of carbonyl (C=O) groups excluding carboxylic acids is 3. The minimum atomic E-state index is -0.375. The standard InChI is InChI=1S/C23H23N3O3S.C5H3ClOS/c1-16-7-8-18(15-20(16)25-23(28)21-6-3-13-30-21)24-22(27)17-4-2-5-19(14-17)26-9-11-29-12-10-26;6-5(7)4-2-1-3-8-4/h2-8,13-15H,9-12H2,1H3,(H,24,27)(H,25,28);1-3H. The molecule has 2 aromatic carbocycles. The van der Waals surface area contributed by atoms with Crippen LogP contribution in [0.2, 0.25) is 0 Å². The lowest BCUT2D eigenvalue weighted by Gasteiger charge is -2.29. The fourth-order valence-corrected chi connectivity index (χ4v) is 5.05. The first kappa shape index (κ1) is 27.5. The van der Waals surface area contributed by atoms with Crippen LogP contribution in [-0.2, 0) is 4.74 Å². The van der Waals surface area contributed by atoms with Crippen molar-refractivity contribution in [2.75, 3.05) is 41.8 Å². The van der Waals surface area contributed by atoms with Gasteiger partial charge in [0.2, 0.25) is 0 Å². The van der Waals surface area contributed by atoms with Crippen LogP contribution in [0.5, 0.6) is 0 Å². The molecule has 0 spiro atoms. The van der Waals surface area contributed by atoms with E-state index in [9.17, 15) is 14.4 Å². The zero-order valence-electron chi connectivity index (χ0n) is 20.6. The minimum Gasteiger partial charge on any atom is -0.378 e. The van der Waals surface area contributed by atoms with Crippen molar-refractivity contribution in [3.63, 3.8) is 0 Å². The van der Waals surface area contributed by atoms with E-state index in [4.69, 9.17) is 16.3 Å². The molecule has 3 heterocycles. The van der Waals surface area contributed by atoms with Gasteiger partial charge in [-0.1, -0.05) is 24.3 Å². The van der Waals surface area contributed by atoms with Gasteiger partial charge in [0.05, 0.1) is 23.0 Å². The number of carbonyl (C=O) groups is 3. The lowest BCUT2D eigenvalue weighted by atomic mass is 10.1. The average molecular weight is 568 g/mol. The molecule has 10 heteroatoms. The van der Waals surface area contributed by atoms with Gasteiger partial charge in [-0.2, -0.15) is 0 Å². The quantitative estimate of drug-likeness (QED) is 0.259. The second-order valence-electron chi connectivity index (χ2n) is 8.32. The SMILES string of the molecule is Cc1ccc(NC(=O)c2cccc(N3CCOCC3)c2)cc1NC(=O)c1cccs1.O=C(Cl)c1cccs1. The van der Waals surface area contributed by atoms with E-state index in [-0.39, 0.29) is 17.1 Å². The highest BCUT2D eigenvalue weighted by molar-refractivity contribution is 7.14. The van der Waals surface area contributed by atoms with Crippen molar-refractivity contribution < 1.29 is 19.1 Å². The third kappa shape index (κ3) is 7.52. The molecule has 1 aliphatic heterocycles. The first-order chi connectivity index (χ1) is 18.4. The Hall–Kier alpha value is -3.50. The smallest absolute Gasteiger partial charge is 0.265 e. The Morgan fingerprint density at radius 3 is 2.18 bits per heavy atom. The largest absolute Gasteiger partial charge is 0.378 e. The highest BCUT2D eigenvalue weighted by Gasteiger charge is 2.15. The van der Waals surface area contributed by atoms with Crippen LogP contribution >= 0.6 is 34.3 Å². The molecule has 2 amide bonds. The van der Waals surface area contributed by atoms with E-state index in [1.54, 1.807) is 30.3 Å². The number of rotatable bonds is 6. The normalized spacial score (nSPS) is 12.7. The predicted molar refractivity (Wildman–Crippen MR) is 155 cm³/mol. The predicted octanol–water partition coefficient (Wildman–Crippen LogP) is 6.52. The van der Waals surface area contributed by atoms with Crippen molar-refractivity contribution in [1.82, 2.24) is 0 Å². The van der Waals surface area contributed by atoms with Crippen LogP contribution < -0.4 is 15.5 Å². The van der Waals surface area contributed by atoms with Gasteiger partial charge >= 0.3 is 0 Å². The summed E-state index contributed by atoms with van der Waals surface area (Å²) >= 11 is 7.85. The second kappa shape index (κ2) is 13.3. The van der Waals surface area contributed by atoms with E-state index >= 15 is 0 Å². The molecule has 0 saturated carbocycles. The van der Waals surface area contributed by atoms with E-state index in [1.165, 1.54) is 22.7 Å². The first-order valence-corrected chi connectivity index (χ1v) is 14.0. The summed E-state index contributed by atoms with van der Waals surface area (Å²) in [6.45, 7) is 4.94. The summed E-state index contributed by atoms with van der Waals surface area (Å²) in [7, 11) is 0. The Morgan fingerprint density at radius 2 is 1.55 bits per heavy atom. The monoisotopic (exact) mass is 567 g/mol. The van der Waals surface area contributed by atoms with Gasteiger partial charge in [0.15, 0.2) is 0 Å². The molecule has 0 bridgehead atoms. The van der Waals surface area contributed by atoms with Gasteiger partial charge in [-0.3, -0.25) is 14.4 Å². The maximum absolute atomic E-state index is 12.8. The molecule has 38 heavy (non-hydrogen) atoms. The number of ether oxygens (including phenoxy) is 1. The van der Waals surface area contributed by atoms with Crippen molar-refractivity contribution >= 4 is 68.4 Å². The minimum absolute atomic E-state index is 0.158. The summed E-state index contributed by atoms with van der Waals surface area (Å²) in [4.78, 5) is 38.9. The van der Waals surface area contributed by atoms with Crippen molar-refractivity contribution in [1.29, 1.82) is 0 Å². The molecule has 1 aliphatic rings. The maximum Gasteiger partial charge on any atom is 0.265 e. The molecular weight excluding hydrogens is 542 g/mol. The van der Waals surface area contributed by atoms with E-state index in [0.29, 0.717) is 39.9 Å². The number of halogens is 1. The summed E-state index contributed by atoms with van der Waals surface area (Å²) in [5.41, 5.74) is 3.83. The van der Waals surface area contributed by atoms with Gasteiger partial charge < -0.3 is 20.3 Å². The summed E-state index contributed by atoms with van der Waals surface area (Å²) in [5, 5.41) is 9.16. The number of morpholine rings is 1. The van der Waals surface area contributed by atoms with Crippen LogP contribution in [0.3, 0.4) is 0 Å². The topological polar surface area (TPSA) is 87.7 Å². The number of amides is 2. The third-order valence-electron chi connectivity index (χ3n) is 5.69. The molecule has 2 N–H and O–H groups in total. The Bertz CT molecular complexity index is 1390. The number of hydrogen-bond acceptors (Lipinski definition) is 7. The van der Waals surface area contributed by atoms with Gasteiger partial charge in [-0.25, -0.2) is 0 Å². The average Bonchev–Trinajstić information content (AvgIpc) is 3.67. The molecule has 0 unspecified atom stereocenters. The molecule has 5 rings (SSSR count).